The summed E-state index contributed by atoms with van der Waals surface area (Å²) < 4.78 is 0. The zero-order valence-electron chi connectivity index (χ0n) is 12.6. The van der Waals surface area contributed by atoms with Crippen LogP contribution in [0.2, 0.25) is 5.02 Å². The first kappa shape index (κ1) is 15.1. The molecule has 0 heterocycles. The molecule has 2 atom stereocenters. The molecule has 0 aliphatic rings. The van der Waals surface area contributed by atoms with E-state index < -0.39 is 0 Å². The Kier molecular flexibility index (Phi) is 4.85. The third kappa shape index (κ3) is 3.62. The van der Waals surface area contributed by atoms with Gasteiger partial charge in [-0.15, -0.1) is 0 Å². The lowest BCUT2D eigenvalue weighted by molar-refractivity contribution is 0.493. The fourth-order valence-corrected chi connectivity index (χ4v) is 2.66. The Bertz CT molecular complexity index is 574. The van der Waals surface area contributed by atoms with Gasteiger partial charge in [0, 0.05) is 17.1 Å². The smallest absolute Gasteiger partial charge is 0.0406 e. The average molecular weight is 288 g/mol. The van der Waals surface area contributed by atoms with E-state index in [4.69, 9.17) is 11.6 Å². The lowest BCUT2D eigenvalue weighted by Gasteiger charge is -2.22. The van der Waals surface area contributed by atoms with Gasteiger partial charge in [-0.25, -0.2) is 0 Å². The molecule has 2 rings (SSSR count). The maximum Gasteiger partial charge on any atom is 0.0406 e. The highest BCUT2D eigenvalue weighted by Gasteiger charge is 2.13. The molecule has 0 aliphatic carbocycles. The Labute approximate surface area is 127 Å². The normalized spacial score (nSPS) is 14.1. The van der Waals surface area contributed by atoms with Crippen LogP contribution in [-0.4, -0.2) is 0 Å². The van der Waals surface area contributed by atoms with E-state index in [1.807, 2.05) is 12.1 Å². The summed E-state index contributed by atoms with van der Waals surface area (Å²) in [5, 5.41) is 4.44. The van der Waals surface area contributed by atoms with Crippen molar-refractivity contribution in [2.45, 2.75) is 39.8 Å². The zero-order valence-corrected chi connectivity index (χ0v) is 13.3. The van der Waals surface area contributed by atoms with Crippen molar-refractivity contribution in [3.8, 4) is 0 Å². The van der Waals surface area contributed by atoms with Crippen LogP contribution < -0.4 is 5.32 Å². The van der Waals surface area contributed by atoms with E-state index in [9.17, 15) is 0 Å². The van der Waals surface area contributed by atoms with Gasteiger partial charge in [-0.2, -0.15) is 0 Å². The van der Waals surface area contributed by atoms with Crippen LogP contribution in [0, 0.1) is 13.8 Å². The van der Waals surface area contributed by atoms with Crippen LogP contribution in [0.3, 0.4) is 0 Å². The molecule has 2 aromatic rings. The summed E-state index contributed by atoms with van der Waals surface area (Å²) >= 11 is 5.94. The summed E-state index contributed by atoms with van der Waals surface area (Å²) in [6, 6.07) is 15.3. The van der Waals surface area contributed by atoms with Crippen molar-refractivity contribution >= 4 is 11.6 Å². The Morgan fingerprint density at radius 1 is 0.900 bits per heavy atom. The van der Waals surface area contributed by atoms with Gasteiger partial charge in [0.15, 0.2) is 0 Å². The van der Waals surface area contributed by atoms with E-state index in [0.29, 0.717) is 12.1 Å². The number of aryl methyl sites for hydroxylation is 2. The van der Waals surface area contributed by atoms with Crippen molar-refractivity contribution in [1.82, 2.24) is 5.32 Å². The standard InChI is InChI=1S/C18H22ClN/c1-12-5-6-13(2)18(11-12)15(4)20-14(3)16-7-9-17(19)10-8-16/h5-11,14-15,20H,1-4H3/t14-,15?/m0/s1. The van der Waals surface area contributed by atoms with E-state index in [0.717, 1.165) is 5.02 Å². The van der Waals surface area contributed by atoms with Crippen molar-refractivity contribution in [2.24, 2.45) is 0 Å². The molecule has 0 spiro atoms. The van der Waals surface area contributed by atoms with Crippen molar-refractivity contribution in [3.05, 3.63) is 69.7 Å². The molecule has 0 radical (unpaired) electrons. The molecule has 1 N–H and O–H groups in total. The number of hydrogen-bond acceptors (Lipinski definition) is 1. The lowest BCUT2D eigenvalue weighted by atomic mass is 9.98. The first-order valence-corrected chi connectivity index (χ1v) is 7.44. The van der Waals surface area contributed by atoms with E-state index in [-0.39, 0.29) is 0 Å². The SMILES string of the molecule is Cc1ccc(C)c(C(C)N[C@@H](C)c2ccc(Cl)cc2)c1. The fraction of sp³-hybridized carbons (Fsp3) is 0.333. The van der Waals surface area contributed by atoms with Crippen molar-refractivity contribution in [2.75, 3.05) is 0 Å². The Morgan fingerprint density at radius 2 is 1.55 bits per heavy atom. The third-order valence-corrected chi connectivity index (χ3v) is 4.02. The molecule has 2 heteroatoms. The molecule has 0 aliphatic heterocycles. The predicted molar refractivity (Wildman–Crippen MR) is 87.3 cm³/mol. The summed E-state index contributed by atoms with van der Waals surface area (Å²) in [6.07, 6.45) is 0. The second-order valence-electron chi connectivity index (χ2n) is 5.52. The highest BCUT2D eigenvalue weighted by atomic mass is 35.5. The summed E-state index contributed by atoms with van der Waals surface area (Å²) in [4.78, 5) is 0. The largest absolute Gasteiger partial charge is 0.304 e. The minimum Gasteiger partial charge on any atom is -0.304 e. The molecule has 0 aromatic heterocycles. The maximum absolute atomic E-state index is 5.94. The molecule has 1 unspecified atom stereocenters. The van der Waals surface area contributed by atoms with Crippen LogP contribution >= 0.6 is 11.6 Å². The fourth-order valence-electron chi connectivity index (χ4n) is 2.54. The van der Waals surface area contributed by atoms with Gasteiger partial charge >= 0.3 is 0 Å². The van der Waals surface area contributed by atoms with Gasteiger partial charge < -0.3 is 5.32 Å². The van der Waals surface area contributed by atoms with E-state index >= 15 is 0 Å². The number of benzene rings is 2. The number of rotatable bonds is 4. The van der Waals surface area contributed by atoms with Gasteiger partial charge in [0.25, 0.3) is 0 Å². The highest BCUT2D eigenvalue weighted by molar-refractivity contribution is 6.30. The molecule has 0 saturated carbocycles. The molecule has 0 amide bonds. The topological polar surface area (TPSA) is 12.0 Å². The molecule has 2 aromatic carbocycles. The molecule has 0 bridgehead atoms. The van der Waals surface area contributed by atoms with E-state index in [2.05, 4.69) is 63.3 Å². The van der Waals surface area contributed by atoms with Crippen LogP contribution in [-0.2, 0) is 0 Å². The average Bonchev–Trinajstić information content (AvgIpc) is 2.42. The third-order valence-electron chi connectivity index (χ3n) is 3.77. The van der Waals surface area contributed by atoms with Crippen molar-refractivity contribution in [3.63, 3.8) is 0 Å². The molecule has 1 nitrogen and oxygen atoms in total. The maximum atomic E-state index is 5.94. The first-order chi connectivity index (χ1) is 9.47. The second-order valence-corrected chi connectivity index (χ2v) is 5.96. The van der Waals surface area contributed by atoms with Crippen LogP contribution in [0.5, 0.6) is 0 Å². The first-order valence-electron chi connectivity index (χ1n) is 7.06. The van der Waals surface area contributed by atoms with Gasteiger partial charge in [0.1, 0.15) is 0 Å². The monoisotopic (exact) mass is 287 g/mol. The van der Waals surface area contributed by atoms with Crippen LogP contribution in [0.25, 0.3) is 0 Å². The van der Waals surface area contributed by atoms with Gasteiger partial charge in [-0.1, -0.05) is 47.5 Å². The van der Waals surface area contributed by atoms with Crippen LogP contribution in [0.15, 0.2) is 42.5 Å². The second kappa shape index (κ2) is 6.43. The summed E-state index contributed by atoms with van der Waals surface area (Å²) in [7, 11) is 0. The summed E-state index contributed by atoms with van der Waals surface area (Å²) in [6.45, 7) is 8.71. The Hall–Kier alpha value is -1.31. The quantitative estimate of drug-likeness (QED) is 0.797. The molecule has 106 valence electrons. The van der Waals surface area contributed by atoms with Gasteiger partial charge in [-0.3, -0.25) is 0 Å². The highest BCUT2D eigenvalue weighted by Crippen LogP contribution is 2.23. The van der Waals surface area contributed by atoms with Crippen molar-refractivity contribution < 1.29 is 0 Å². The van der Waals surface area contributed by atoms with Crippen LogP contribution in [0.4, 0.5) is 0 Å². The van der Waals surface area contributed by atoms with Gasteiger partial charge in [0.05, 0.1) is 0 Å². The molecular weight excluding hydrogens is 266 g/mol. The minimum atomic E-state index is 0.294. The summed E-state index contributed by atoms with van der Waals surface area (Å²) in [5.41, 5.74) is 5.26. The molecule has 0 saturated heterocycles. The van der Waals surface area contributed by atoms with Crippen LogP contribution in [0.1, 0.15) is 48.2 Å². The lowest BCUT2D eigenvalue weighted by Crippen LogP contribution is -2.23. The Balaban J connectivity index is 2.12. The number of hydrogen-bond donors (Lipinski definition) is 1. The van der Waals surface area contributed by atoms with Gasteiger partial charge in [-0.05, 0) is 56.5 Å². The zero-order chi connectivity index (χ0) is 14.7. The Morgan fingerprint density at radius 3 is 2.20 bits per heavy atom. The summed E-state index contributed by atoms with van der Waals surface area (Å²) in [5.74, 6) is 0. The van der Waals surface area contributed by atoms with Gasteiger partial charge in [0.2, 0.25) is 0 Å². The molecule has 0 fully saturated rings. The number of halogens is 1. The molecule has 20 heavy (non-hydrogen) atoms. The number of nitrogens with one attached hydrogen (secondary N) is 1. The molecular formula is C18H22ClN. The predicted octanol–water partition coefficient (Wildman–Crippen LogP) is 5.37. The van der Waals surface area contributed by atoms with Crippen molar-refractivity contribution in [1.29, 1.82) is 0 Å². The minimum absolute atomic E-state index is 0.294. The van der Waals surface area contributed by atoms with E-state index in [1.54, 1.807) is 0 Å². The van der Waals surface area contributed by atoms with E-state index in [1.165, 1.54) is 22.3 Å².